The third-order valence-corrected chi connectivity index (χ3v) is 1.99. The van der Waals surface area contributed by atoms with E-state index < -0.39 is 5.97 Å². The maximum atomic E-state index is 10.9. The second-order valence-corrected chi connectivity index (χ2v) is 2.94. The van der Waals surface area contributed by atoms with Crippen LogP contribution in [-0.2, 0) is 0 Å². The number of carboxylic acids is 1. The molecule has 2 heterocycles. The molecule has 1 N–H and O–H groups in total. The van der Waals surface area contributed by atoms with Crippen molar-refractivity contribution in [2.75, 3.05) is 0 Å². The molecule has 2 rings (SSSR count). The maximum Gasteiger partial charge on any atom is 0.337 e. The highest BCUT2D eigenvalue weighted by Gasteiger charge is 2.11. The zero-order valence-electron chi connectivity index (χ0n) is 8.20. The van der Waals surface area contributed by atoms with Gasteiger partial charge < -0.3 is 5.11 Å². The lowest BCUT2D eigenvalue weighted by molar-refractivity contribution is 0.0697. The van der Waals surface area contributed by atoms with E-state index in [-0.39, 0.29) is 18.0 Å². The monoisotopic (exact) mass is 236 g/mol. The molecule has 0 aliphatic heterocycles. The van der Waals surface area contributed by atoms with Crippen LogP contribution in [0.2, 0.25) is 0 Å². The van der Waals surface area contributed by atoms with Gasteiger partial charge in [-0.3, -0.25) is 9.97 Å². The van der Waals surface area contributed by atoms with E-state index in [0.717, 1.165) is 5.56 Å². The van der Waals surface area contributed by atoms with E-state index in [9.17, 15) is 4.79 Å². The van der Waals surface area contributed by atoms with E-state index in [1.54, 1.807) is 36.8 Å². The second kappa shape index (κ2) is 5.23. The summed E-state index contributed by atoms with van der Waals surface area (Å²) < 4.78 is 0. The number of hydrogen-bond donors (Lipinski definition) is 1. The van der Waals surface area contributed by atoms with Crippen LogP contribution in [0.5, 0.6) is 0 Å². The van der Waals surface area contributed by atoms with Crippen molar-refractivity contribution in [1.82, 2.24) is 9.97 Å². The molecule has 4 nitrogen and oxygen atoms in total. The molecule has 0 bridgehead atoms. The molecule has 0 unspecified atom stereocenters. The first-order chi connectivity index (χ1) is 7.29. The van der Waals surface area contributed by atoms with Crippen LogP contribution >= 0.6 is 12.4 Å². The fourth-order valence-corrected chi connectivity index (χ4v) is 1.32. The first-order valence-corrected chi connectivity index (χ1v) is 4.38. The first kappa shape index (κ1) is 12.1. The summed E-state index contributed by atoms with van der Waals surface area (Å²) in [6, 6.07) is 6.60. The Morgan fingerprint density at radius 2 is 1.81 bits per heavy atom. The predicted octanol–water partition coefficient (Wildman–Crippen LogP) is 2.26. The zero-order valence-corrected chi connectivity index (χ0v) is 9.02. The van der Waals surface area contributed by atoms with Gasteiger partial charge in [-0.2, -0.15) is 0 Å². The van der Waals surface area contributed by atoms with Gasteiger partial charge in [-0.25, -0.2) is 4.79 Å². The highest BCUT2D eigenvalue weighted by atomic mass is 35.5. The number of nitrogens with zero attached hydrogens (tertiary/aromatic N) is 2. The molecular formula is C11H9ClN2O2. The Bertz CT molecular complexity index is 488. The Morgan fingerprint density at radius 3 is 2.44 bits per heavy atom. The summed E-state index contributed by atoms with van der Waals surface area (Å²) in [6.45, 7) is 0. The number of halogens is 1. The van der Waals surface area contributed by atoms with E-state index in [1.165, 1.54) is 6.07 Å². The minimum atomic E-state index is -0.977. The standard InChI is InChI=1S/C11H8N2O2.ClH/c14-11(15)9-2-1-5-13-10(9)8-3-6-12-7-4-8;/h1-7H,(H,14,15);1H. The number of carboxylic acid groups (broad SMARTS) is 1. The number of hydrogen-bond acceptors (Lipinski definition) is 3. The molecule has 5 heteroatoms. The third kappa shape index (κ3) is 2.35. The topological polar surface area (TPSA) is 63.1 Å². The van der Waals surface area contributed by atoms with Gasteiger partial charge in [0.25, 0.3) is 0 Å². The molecule has 0 saturated heterocycles. The van der Waals surface area contributed by atoms with Gasteiger partial charge in [0.15, 0.2) is 0 Å². The molecule has 82 valence electrons. The lowest BCUT2D eigenvalue weighted by Crippen LogP contribution is -2.00. The van der Waals surface area contributed by atoms with Gasteiger partial charge in [0, 0.05) is 24.2 Å². The molecule has 0 aliphatic carbocycles. The van der Waals surface area contributed by atoms with Crippen LogP contribution in [-0.4, -0.2) is 21.0 Å². The molecule has 0 aliphatic rings. The van der Waals surface area contributed by atoms with Crippen LogP contribution in [0.4, 0.5) is 0 Å². The van der Waals surface area contributed by atoms with E-state index in [0.29, 0.717) is 5.69 Å². The highest BCUT2D eigenvalue weighted by Crippen LogP contribution is 2.19. The molecule has 0 fully saturated rings. The van der Waals surface area contributed by atoms with Gasteiger partial charge >= 0.3 is 5.97 Å². The van der Waals surface area contributed by atoms with Gasteiger partial charge in [0.2, 0.25) is 0 Å². The van der Waals surface area contributed by atoms with Crippen molar-refractivity contribution in [2.24, 2.45) is 0 Å². The van der Waals surface area contributed by atoms with Gasteiger partial charge in [0.05, 0.1) is 11.3 Å². The van der Waals surface area contributed by atoms with Crippen molar-refractivity contribution >= 4 is 18.4 Å². The van der Waals surface area contributed by atoms with Gasteiger partial charge in [-0.05, 0) is 24.3 Å². The largest absolute Gasteiger partial charge is 0.478 e. The minimum absolute atomic E-state index is 0. The molecule has 0 saturated carbocycles. The molecule has 2 aromatic rings. The average Bonchev–Trinajstić information content (AvgIpc) is 2.30. The summed E-state index contributed by atoms with van der Waals surface area (Å²) in [5.41, 5.74) is 1.42. The summed E-state index contributed by atoms with van der Waals surface area (Å²) in [4.78, 5) is 18.9. The third-order valence-electron chi connectivity index (χ3n) is 1.99. The predicted molar refractivity (Wildman–Crippen MR) is 61.7 cm³/mol. The summed E-state index contributed by atoms with van der Waals surface area (Å²) in [5.74, 6) is -0.977. The Labute approximate surface area is 98.4 Å². The Morgan fingerprint density at radius 1 is 1.12 bits per heavy atom. The number of aromatic nitrogens is 2. The normalized spacial score (nSPS) is 9.25. The highest BCUT2D eigenvalue weighted by molar-refractivity contribution is 5.94. The summed E-state index contributed by atoms with van der Waals surface area (Å²) >= 11 is 0. The van der Waals surface area contributed by atoms with Crippen LogP contribution in [0.3, 0.4) is 0 Å². The van der Waals surface area contributed by atoms with Gasteiger partial charge in [-0.15, -0.1) is 12.4 Å². The molecule has 0 aromatic carbocycles. The van der Waals surface area contributed by atoms with E-state index in [2.05, 4.69) is 9.97 Å². The molecule has 0 radical (unpaired) electrons. The lowest BCUT2D eigenvalue weighted by atomic mass is 10.1. The van der Waals surface area contributed by atoms with Crippen LogP contribution in [0.15, 0.2) is 42.9 Å². The Kier molecular flexibility index (Phi) is 3.96. The summed E-state index contributed by atoms with van der Waals surface area (Å²) in [5, 5.41) is 8.97. The van der Waals surface area contributed by atoms with Crippen molar-refractivity contribution in [3.05, 3.63) is 48.4 Å². The molecule has 2 aromatic heterocycles. The fourth-order valence-electron chi connectivity index (χ4n) is 1.32. The smallest absolute Gasteiger partial charge is 0.337 e. The van der Waals surface area contributed by atoms with Gasteiger partial charge in [-0.1, -0.05) is 0 Å². The molecule has 0 amide bonds. The van der Waals surface area contributed by atoms with E-state index in [4.69, 9.17) is 5.11 Å². The van der Waals surface area contributed by atoms with Gasteiger partial charge in [0.1, 0.15) is 0 Å². The summed E-state index contributed by atoms with van der Waals surface area (Å²) in [6.07, 6.45) is 4.79. The Balaban J connectivity index is 0.00000128. The minimum Gasteiger partial charge on any atom is -0.478 e. The van der Waals surface area contributed by atoms with Crippen molar-refractivity contribution in [3.63, 3.8) is 0 Å². The fraction of sp³-hybridized carbons (Fsp3) is 0. The van der Waals surface area contributed by atoms with Crippen LogP contribution in [0, 0.1) is 0 Å². The van der Waals surface area contributed by atoms with Crippen molar-refractivity contribution < 1.29 is 9.90 Å². The molecule has 0 spiro atoms. The van der Waals surface area contributed by atoms with E-state index in [1.807, 2.05) is 0 Å². The SMILES string of the molecule is Cl.O=C(O)c1cccnc1-c1ccncc1. The molecule has 16 heavy (non-hydrogen) atoms. The van der Waals surface area contributed by atoms with Crippen molar-refractivity contribution in [3.8, 4) is 11.3 Å². The quantitative estimate of drug-likeness (QED) is 0.869. The van der Waals surface area contributed by atoms with Crippen LogP contribution in [0.1, 0.15) is 10.4 Å². The maximum absolute atomic E-state index is 10.9. The Hall–Kier alpha value is -1.94. The average molecular weight is 237 g/mol. The second-order valence-electron chi connectivity index (χ2n) is 2.94. The number of carbonyl (C=O) groups is 1. The number of aromatic carboxylic acids is 1. The van der Waals surface area contributed by atoms with Crippen molar-refractivity contribution in [1.29, 1.82) is 0 Å². The lowest BCUT2D eigenvalue weighted by Gasteiger charge is -2.03. The first-order valence-electron chi connectivity index (χ1n) is 4.38. The zero-order chi connectivity index (χ0) is 10.7. The van der Waals surface area contributed by atoms with Crippen LogP contribution in [0.25, 0.3) is 11.3 Å². The molecular weight excluding hydrogens is 228 g/mol. The van der Waals surface area contributed by atoms with Crippen molar-refractivity contribution in [2.45, 2.75) is 0 Å². The number of pyridine rings is 2. The molecule has 0 atom stereocenters. The number of rotatable bonds is 2. The summed E-state index contributed by atoms with van der Waals surface area (Å²) in [7, 11) is 0. The van der Waals surface area contributed by atoms with Crippen LogP contribution < -0.4 is 0 Å². The van der Waals surface area contributed by atoms with E-state index >= 15 is 0 Å².